The smallest absolute Gasteiger partial charge is 0.242 e. The van der Waals surface area contributed by atoms with Gasteiger partial charge < -0.3 is 25.0 Å². The van der Waals surface area contributed by atoms with Gasteiger partial charge in [-0.05, 0) is 47.5 Å². The Kier molecular flexibility index (Phi) is 7.59. The minimum absolute atomic E-state index is 0. The van der Waals surface area contributed by atoms with Crippen molar-refractivity contribution in [3.05, 3.63) is 45.6 Å². The first-order valence-corrected chi connectivity index (χ1v) is 10.3. The lowest BCUT2D eigenvalue weighted by Gasteiger charge is -2.27. The summed E-state index contributed by atoms with van der Waals surface area (Å²) in [6.07, 6.45) is 1.76. The minimum atomic E-state index is 0. The van der Waals surface area contributed by atoms with Crippen molar-refractivity contribution in [1.82, 2.24) is 15.5 Å². The fourth-order valence-corrected chi connectivity index (χ4v) is 4.26. The number of halogens is 1. The summed E-state index contributed by atoms with van der Waals surface area (Å²) in [5.41, 5.74) is 2.43. The highest BCUT2D eigenvalue weighted by molar-refractivity contribution is 14.0. The van der Waals surface area contributed by atoms with Gasteiger partial charge in [-0.25, -0.2) is 0 Å². The fraction of sp³-hybridized carbons (Fsp3) is 0.400. The van der Waals surface area contributed by atoms with Crippen molar-refractivity contribution >= 4 is 47.2 Å². The summed E-state index contributed by atoms with van der Waals surface area (Å²) in [6, 6.07) is 8.08. The lowest BCUT2D eigenvalue weighted by Crippen LogP contribution is -2.46. The van der Waals surface area contributed by atoms with Crippen molar-refractivity contribution in [2.24, 2.45) is 4.99 Å². The molecule has 1 aromatic heterocycles. The lowest BCUT2D eigenvalue weighted by atomic mass is 10.1. The van der Waals surface area contributed by atoms with Gasteiger partial charge in [0.15, 0.2) is 17.5 Å². The Morgan fingerprint density at radius 3 is 2.97 bits per heavy atom. The van der Waals surface area contributed by atoms with Crippen LogP contribution in [0.2, 0.25) is 0 Å². The number of nitrogens with one attached hydrogen (secondary N) is 2. The maximum absolute atomic E-state index is 12.5. The number of hydrogen-bond donors (Lipinski definition) is 2. The molecule has 0 spiro atoms. The average Bonchev–Trinajstić information content (AvgIpc) is 3.38. The molecule has 2 N–H and O–H groups in total. The molecule has 0 fully saturated rings. The van der Waals surface area contributed by atoms with Crippen LogP contribution in [-0.2, 0) is 24.2 Å². The van der Waals surface area contributed by atoms with Gasteiger partial charge in [0.05, 0.1) is 6.54 Å². The van der Waals surface area contributed by atoms with Crippen molar-refractivity contribution < 1.29 is 14.3 Å². The number of benzene rings is 1. The molecule has 0 radical (unpaired) electrons. The quantitative estimate of drug-likeness (QED) is 0.354. The Labute approximate surface area is 191 Å². The number of carbonyl (C=O) groups is 1. The second-order valence-electron chi connectivity index (χ2n) is 6.72. The van der Waals surface area contributed by atoms with E-state index in [-0.39, 0.29) is 43.2 Å². The topological polar surface area (TPSA) is 75.2 Å². The number of fused-ring (bicyclic) bond motifs is 2. The molecule has 4 rings (SSSR count). The zero-order valence-corrected chi connectivity index (χ0v) is 19.4. The second kappa shape index (κ2) is 10.1. The number of rotatable bonds is 5. The monoisotopic (exact) mass is 528 g/mol. The number of aliphatic imine (C=N–C) groups is 1. The van der Waals surface area contributed by atoms with Gasteiger partial charge in [0.1, 0.15) is 0 Å². The normalized spacial score (nSPS) is 14.8. The molecule has 2 aliphatic heterocycles. The molecule has 0 bridgehead atoms. The molecule has 0 atom stereocenters. The Morgan fingerprint density at radius 1 is 1.24 bits per heavy atom. The fourth-order valence-electron chi connectivity index (χ4n) is 3.37. The number of ether oxygens (including phenoxy) is 2. The Hall–Kier alpha value is -2.01. The van der Waals surface area contributed by atoms with Crippen molar-refractivity contribution in [3.63, 3.8) is 0 Å². The van der Waals surface area contributed by atoms with Gasteiger partial charge in [-0.1, -0.05) is 6.07 Å². The Morgan fingerprint density at radius 2 is 2.10 bits per heavy atom. The Balaban J connectivity index is 0.00000240. The molecular weight excluding hydrogens is 503 g/mol. The van der Waals surface area contributed by atoms with Gasteiger partial charge in [-0.15, -0.1) is 35.3 Å². The standard InChI is InChI=1S/C20H24N4O3S.HI/c1-21-20(22-7-4-14-2-3-16-17(10-14)27-13-26-16)23-11-19(25)24-8-5-18-15(12-24)6-9-28-18;/h2-3,6,9-10H,4-5,7-8,11-13H2,1H3,(H2,21,22,23);1H. The van der Waals surface area contributed by atoms with Gasteiger partial charge in [-0.2, -0.15) is 0 Å². The van der Waals surface area contributed by atoms with Crippen molar-refractivity contribution in [2.45, 2.75) is 19.4 Å². The summed E-state index contributed by atoms with van der Waals surface area (Å²) in [5, 5.41) is 8.47. The van der Waals surface area contributed by atoms with E-state index in [1.165, 1.54) is 10.4 Å². The molecule has 9 heteroatoms. The summed E-state index contributed by atoms with van der Waals surface area (Å²) in [5.74, 6) is 2.30. The molecular formula is C20H25IN4O3S. The lowest BCUT2D eigenvalue weighted by molar-refractivity contribution is -0.130. The maximum Gasteiger partial charge on any atom is 0.242 e. The highest BCUT2D eigenvalue weighted by atomic mass is 127. The van der Waals surface area contributed by atoms with E-state index in [4.69, 9.17) is 9.47 Å². The number of thiophene rings is 1. The molecule has 1 aromatic carbocycles. The van der Waals surface area contributed by atoms with E-state index in [1.54, 1.807) is 18.4 Å². The van der Waals surface area contributed by atoms with Crippen molar-refractivity contribution in [1.29, 1.82) is 0 Å². The zero-order valence-electron chi connectivity index (χ0n) is 16.3. The first-order valence-electron chi connectivity index (χ1n) is 9.39. The predicted octanol–water partition coefficient (Wildman–Crippen LogP) is 2.39. The van der Waals surface area contributed by atoms with Crippen LogP contribution in [0.1, 0.15) is 16.0 Å². The van der Waals surface area contributed by atoms with Crippen LogP contribution in [0.25, 0.3) is 0 Å². The first kappa shape index (κ1) is 21.7. The van der Waals surface area contributed by atoms with Crippen LogP contribution in [0, 0.1) is 0 Å². The molecule has 3 heterocycles. The molecule has 2 aromatic rings. The van der Waals surface area contributed by atoms with Crippen LogP contribution in [0.5, 0.6) is 11.5 Å². The number of hydrogen-bond acceptors (Lipinski definition) is 5. The van der Waals surface area contributed by atoms with E-state index in [0.29, 0.717) is 19.0 Å². The third-order valence-corrected chi connectivity index (χ3v) is 5.96. The average molecular weight is 528 g/mol. The van der Waals surface area contributed by atoms with Gasteiger partial charge in [0, 0.05) is 31.6 Å². The van der Waals surface area contributed by atoms with Gasteiger partial charge >= 0.3 is 0 Å². The number of nitrogens with zero attached hydrogens (tertiary/aromatic N) is 2. The van der Waals surface area contributed by atoms with Crippen LogP contribution in [0.15, 0.2) is 34.6 Å². The molecule has 0 aliphatic carbocycles. The molecule has 29 heavy (non-hydrogen) atoms. The molecule has 7 nitrogen and oxygen atoms in total. The third-order valence-electron chi connectivity index (χ3n) is 4.93. The van der Waals surface area contributed by atoms with E-state index in [0.717, 1.165) is 36.4 Å². The third kappa shape index (κ3) is 5.33. The van der Waals surface area contributed by atoms with Crippen LogP contribution >= 0.6 is 35.3 Å². The first-order chi connectivity index (χ1) is 13.7. The summed E-state index contributed by atoms with van der Waals surface area (Å²) in [4.78, 5) is 20.0. The van der Waals surface area contributed by atoms with Crippen LogP contribution < -0.4 is 20.1 Å². The largest absolute Gasteiger partial charge is 0.454 e. The van der Waals surface area contributed by atoms with E-state index in [1.807, 2.05) is 23.1 Å². The summed E-state index contributed by atoms with van der Waals surface area (Å²) in [6.45, 7) is 2.71. The van der Waals surface area contributed by atoms with Crippen molar-refractivity contribution in [2.75, 3.05) is 33.5 Å². The summed E-state index contributed by atoms with van der Waals surface area (Å²) >= 11 is 1.78. The van der Waals surface area contributed by atoms with E-state index < -0.39 is 0 Å². The molecule has 0 unspecified atom stereocenters. The Bertz CT molecular complexity index is 886. The molecule has 2 aliphatic rings. The molecule has 1 amide bonds. The van der Waals surface area contributed by atoms with Crippen molar-refractivity contribution in [3.8, 4) is 11.5 Å². The predicted molar refractivity (Wildman–Crippen MR) is 124 cm³/mol. The molecule has 0 saturated heterocycles. The second-order valence-corrected chi connectivity index (χ2v) is 7.73. The van der Waals surface area contributed by atoms with E-state index in [2.05, 4.69) is 27.1 Å². The van der Waals surface area contributed by atoms with E-state index in [9.17, 15) is 4.79 Å². The van der Waals surface area contributed by atoms with Crippen LogP contribution in [0.3, 0.4) is 0 Å². The van der Waals surface area contributed by atoms with E-state index >= 15 is 0 Å². The van der Waals surface area contributed by atoms with Gasteiger partial charge in [-0.3, -0.25) is 9.79 Å². The van der Waals surface area contributed by atoms with Crippen LogP contribution in [0.4, 0.5) is 0 Å². The van der Waals surface area contributed by atoms with Crippen LogP contribution in [-0.4, -0.2) is 50.2 Å². The highest BCUT2D eigenvalue weighted by Crippen LogP contribution is 2.32. The summed E-state index contributed by atoms with van der Waals surface area (Å²) < 4.78 is 10.7. The molecule has 0 saturated carbocycles. The number of carbonyl (C=O) groups excluding carboxylic acids is 1. The van der Waals surface area contributed by atoms with Gasteiger partial charge in [0.25, 0.3) is 0 Å². The molecule has 156 valence electrons. The number of amides is 1. The SMILES string of the molecule is CN=C(NCCc1ccc2c(c1)OCO2)NCC(=O)N1CCc2sccc2C1.I. The minimum Gasteiger partial charge on any atom is -0.454 e. The zero-order chi connectivity index (χ0) is 19.3. The van der Waals surface area contributed by atoms with Gasteiger partial charge in [0.2, 0.25) is 12.7 Å². The number of guanidine groups is 1. The summed E-state index contributed by atoms with van der Waals surface area (Å²) in [7, 11) is 1.71. The maximum atomic E-state index is 12.5. The highest BCUT2D eigenvalue weighted by Gasteiger charge is 2.21.